The highest BCUT2D eigenvalue weighted by molar-refractivity contribution is 14.0. The van der Waals surface area contributed by atoms with Gasteiger partial charge in [0.1, 0.15) is 5.76 Å². The Hall–Kier alpha value is -0.860. The molecule has 0 aliphatic carbocycles. The van der Waals surface area contributed by atoms with E-state index in [4.69, 9.17) is 16.0 Å². The summed E-state index contributed by atoms with van der Waals surface area (Å²) in [7, 11) is 0. The Kier molecular flexibility index (Phi) is 11.0. The molecule has 0 aliphatic heterocycles. The Morgan fingerprint density at radius 1 is 1.21 bits per heavy atom. The third-order valence-electron chi connectivity index (χ3n) is 3.15. The van der Waals surface area contributed by atoms with Crippen LogP contribution in [0.15, 0.2) is 52.1 Å². The normalized spacial score (nSPS) is 11.0. The standard InChI is InChI=1S/C17H22ClN3OS.HI/c1-23-11-9-20-17(19-8-7-16-6-3-10-22-16)21-13-14-4-2-5-15(18)12-14;/h2-6,10,12H,7-9,11,13H2,1H3,(H2,19,20,21);1H. The van der Waals surface area contributed by atoms with Crippen LogP contribution in [-0.4, -0.2) is 31.1 Å². The highest BCUT2D eigenvalue weighted by atomic mass is 127. The van der Waals surface area contributed by atoms with Gasteiger partial charge >= 0.3 is 0 Å². The molecule has 0 saturated heterocycles. The summed E-state index contributed by atoms with van der Waals surface area (Å²) < 4.78 is 5.34. The van der Waals surface area contributed by atoms with Gasteiger partial charge in [0.15, 0.2) is 5.96 Å². The summed E-state index contributed by atoms with van der Waals surface area (Å²) in [5, 5.41) is 7.41. The summed E-state index contributed by atoms with van der Waals surface area (Å²) in [6, 6.07) is 11.7. The highest BCUT2D eigenvalue weighted by Gasteiger charge is 2.01. The van der Waals surface area contributed by atoms with E-state index in [1.165, 1.54) is 0 Å². The van der Waals surface area contributed by atoms with Crippen LogP contribution >= 0.6 is 47.3 Å². The van der Waals surface area contributed by atoms with Crippen LogP contribution in [0, 0.1) is 0 Å². The third kappa shape index (κ3) is 8.30. The molecule has 0 radical (unpaired) electrons. The molecule has 0 spiro atoms. The molecule has 0 fully saturated rings. The van der Waals surface area contributed by atoms with E-state index in [1.54, 1.807) is 18.0 Å². The van der Waals surface area contributed by atoms with Crippen molar-refractivity contribution in [3.63, 3.8) is 0 Å². The van der Waals surface area contributed by atoms with Crippen LogP contribution in [0.4, 0.5) is 0 Å². The first-order valence-corrected chi connectivity index (χ1v) is 9.33. The SMILES string of the molecule is CSCCNC(=NCc1cccc(Cl)c1)NCCc1ccco1.I. The zero-order chi connectivity index (χ0) is 16.3. The van der Waals surface area contributed by atoms with E-state index in [1.807, 2.05) is 36.4 Å². The molecule has 0 saturated carbocycles. The summed E-state index contributed by atoms with van der Waals surface area (Å²) in [5.74, 6) is 2.82. The summed E-state index contributed by atoms with van der Waals surface area (Å²) >= 11 is 7.81. The zero-order valence-electron chi connectivity index (χ0n) is 13.6. The number of hydrogen-bond acceptors (Lipinski definition) is 3. The van der Waals surface area contributed by atoms with Crippen LogP contribution in [0.25, 0.3) is 0 Å². The Labute approximate surface area is 169 Å². The van der Waals surface area contributed by atoms with Gasteiger partial charge in [0.2, 0.25) is 0 Å². The van der Waals surface area contributed by atoms with Crippen LogP contribution in [0.1, 0.15) is 11.3 Å². The minimum atomic E-state index is 0. The number of nitrogens with one attached hydrogen (secondary N) is 2. The van der Waals surface area contributed by atoms with E-state index in [-0.39, 0.29) is 24.0 Å². The maximum atomic E-state index is 6.01. The van der Waals surface area contributed by atoms with Crippen LogP contribution in [0.3, 0.4) is 0 Å². The van der Waals surface area contributed by atoms with Gasteiger partial charge in [-0.2, -0.15) is 11.8 Å². The quantitative estimate of drug-likeness (QED) is 0.258. The van der Waals surface area contributed by atoms with Crippen molar-refractivity contribution < 1.29 is 4.42 Å². The lowest BCUT2D eigenvalue weighted by atomic mass is 10.2. The summed E-state index contributed by atoms with van der Waals surface area (Å²) in [6.45, 7) is 2.24. The molecule has 24 heavy (non-hydrogen) atoms. The zero-order valence-corrected chi connectivity index (χ0v) is 17.5. The number of furan rings is 1. The second-order valence-electron chi connectivity index (χ2n) is 4.97. The number of thioether (sulfide) groups is 1. The van der Waals surface area contributed by atoms with Crippen molar-refractivity contribution in [2.45, 2.75) is 13.0 Å². The van der Waals surface area contributed by atoms with Gasteiger partial charge in [0.05, 0.1) is 12.8 Å². The number of rotatable bonds is 8. The van der Waals surface area contributed by atoms with Gasteiger partial charge in [-0.15, -0.1) is 24.0 Å². The fourth-order valence-corrected chi connectivity index (χ4v) is 2.53. The second-order valence-corrected chi connectivity index (χ2v) is 6.39. The fraction of sp³-hybridized carbons (Fsp3) is 0.353. The summed E-state index contributed by atoms with van der Waals surface area (Å²) in [6.07, 6.45) is 4.61. The number of nitrogens with zero attached hydrogens (tertiary/aromatic N) is 1. The lowest BCUT2D eigenvalue weighted by Crippen LogP contribution is -2.39. The molecule has 7 heteroatoms. The largest absolute Gasteiger partial charge is 0.469 e. The monoisotopic (exact) mass is 479 g/mol. The number of benzene rings is 1. The molecular formula is C17H23ClIN3OS. The van der Waals surface area contributed by atoms with Gasteiger partial charge < -0.3 is 15.1 Å². The van der Waals surface area contributed by atoms with Crippen LogP contribution < -0.4 is 10.6 Å². The predicted molar refractivity (Wildman–Crippen MR) is 115 cm³/mol. The molecule has 1 aromatic heterocycles. The second kappa shape index (κ2) is 12.5. The van der Waals surface area contributed by atoms with Gasteiger partial charge in [0, 0.05) is 30.3 Å². The molecule has 0 aliphatic rings. The van der Waals surface area contributed by atoms with Crippen molar-refractivity contribution in [2.24, 2.45) is 4.99 Å². The molecule has 0 atom stereocenters. The molecule has 0 unspecified atom stereocenters. The van der Waals surface area contributed by atoms with Crippen molar-refractivity contribution >= 4 is 53.3 Å². The Bertz CT molecular complexity index is 608. The number of aliphatic imine (C=N–C) groups is 1. The molecule has 2 N–H and O–H groups in total. The molecule has 1 aromatic carbocycles. The van der Waals surface area contributed by atoms with E-state index in [9.17, 15) is 0 Å². The molecule has 4 nitrogen and oxygen atoms in total. The number of hydrogen-bond donors (Lipinski definition) is 2. The maximum absolute atomic E-state index is 6.01. The van der Waals surface area contributed by atoms with Crippen molar-refractivity contribution in [3.8, 4) is 0 Å². The molecule has 0 bridgehead atoms. The predicted octanol–water partition coefficient (Wildman–Crippen LogP) is 4.19. The highest BCUT2D eigenvalue weighted by Crippen LogP contribution is 2.11. The Balaban J connectivity index is 0.00000288. The van der Waals surface area contributed by atoms with Crippen LogP contribution in [0.2, 0.25) is 5.02 Å². The van der Waals surface area contributed by atoms with Gasteiger partial charge in [-0.25, -0.2) is 4.99 Å². The van der Waals surface area contributed by atoms with E-state index in [2.05, 4.69) is 21.9 Å². The van der Waals surface area contributed by atoms with E-state index in [0.29, 0.717) is 6.54 Å². The lowest BCUT2D eigenvalue weighted by molar-refractivity contribution is 0.507. The maximum Gasteiger partial charge on any atom is 0.191 e. The van der Waals surface area contributed by atoms with E-state index < -0.39 is 0 Å². The van der Waals surface area contributed by atoms with Gasteiger partial charge in [-0.3, -0.25) is 0 Å². The smallest absolute Gasteiger partial charge is 0.191 e. The lowest BCUT2D eigenvalue weighted by Gasteiger charge is -2.12. The molecule has 132 valence electrons. The average Bonchev–Trinajstić information content (AvgIpc) is 3.06. The Morgan fingerprint density at radius 3 is 2.75 bits per heavy atom. The molecule has 1 heterocycles. The molecule has 0 amide bonds. The first kappa shape index (κ1) is 21.2. The number of guanidine groups is 1. The molecule has 2 aromatic rings. The van der Waals surface area contributed by atoms with Crippen LogP contribution in [0.5, 0.6) is 0 Å². The van der Waals surface area contributed by atoms with Crippen molar-refractivity contribution in [1.82, 2.24) is 10.6 Å². The van der Waals surface area contributed by atoms with Crippen molar-refractivity contribution in [2.75, 3.05) is 25.1 Å². The third-order valence-corrected chi connectivity index (χ3v) is 4.00. The van der Waals surface area contributed by atoms with Gasteiger partial charge in [-0.05, 0) is 36.1 Å². The van der Waals surface area contributed by atoms with Gasteiger partial charge in [0.25, 0.3) is 0 Å². The van der Waals surface area contributed by atoms with Crippen LogP contribution in [-0.2, 0) is 13.0 Å². The topological polar surface area (TPSA) is 49.6 Å². The van der Waals surface area contributed by atoms with E-state index >= 15 is 0 Å². The number of halogens is 2. The average molecular weight is 480 g/mol. The Morgan fingerprint density at radius 2 is 2.04 bits per heavy atom. The minimum absolute atomic E-state index is 0. The fourth-order valence-electron chi connectivity index (χ4n) is 2.01. The summed E-state index contributed by atoms with van der Waals surface area (Å²) in [5.41, 5.74) is 1.09. The molecule has 2 rings (SSSR count). The summed E-state index contributed by atoms with van der Waals surface area (Å²) in [4.78, 5) is 4.62. The van der Waals surface area contributed by atoms with Crippen molar-refractivity contribution in [3.05, 3.63) is 59.0 Å². The minimum Gasteiger partial charge on any atom is -0.469 e. The van der Waals surface area contributed by atoms with Gasteiger partial charge in [-0.1, -0.05) is 23.7 Å². The molecular weight excluding hydrogens is 457 g/mol. The van der Waals surface area contributed by atoms with Crippen molar-refractivity contribution in [1.29, 1.82) is 0 Å². The first-order chi connectivity index (χ1) is 11.3. The van der Waals surface area contributed by atoms with E-state index in [0.717, 1.165) is 47.6 Å². The first-order valence-electron chi connectivity index (χ1n) is 7.56.